The average molecular weight is 378 g/mol. The minimum atomic E-state index is 0.362. The van der Waals surface area contributed by atoms with Crippen molar-refractivity contribution in [3.63, 3.8) is 0 Å². The Balaban J connectivity index is 2.02. The summed E-state index contributed by atoms with van der Waals surface area (Å²) < 4.78 is 10.6. The van der Waals surface area contributed by atoms with E-state index >= 15 is 0 Å². The first-order valence-corrected chi connectivity index (χ1v) is 8.67. The van der Waals surface area contributed by atoms with Gasteiger partial charge in [0.05, 0.1) is 16.4 Å². The number of pyridine rings is 1. The van der Waals surface area contributed by atoms with Gasteiger partial charge in [-0.3, -0.25) is 10.4 Å². The maximum absolute atomic E-state index is 6.46. The molecule has 2 heterocycles. The van der Waals surface area contributed by atoms with Crippen LogP contribution in [0.5, 0.6) is 0 Å². The summed E-state index contributed by atoms with van der Waals surface area (Å²) in [6, 6.07) is 6.03. The highest BCUT2D eigenvalue weighted by Gasteiger charge is 2.30. The summed E-state index contributed by atoms with van der Waals surface area (Å²) in [7, 11) is 3.30. The second-order valence-corrected chi connectivity index (χ2v) is 6.72. The predicted octanol–water partition coefficient (Wildman–Crippen LogP) is 3.98. The van der Waals surface area contributed by atoms with Gasteiger partial charge in [0.1, 0.15) is 19.1 Å². The quantitative estimate of drug-likeness (QED) is 0.789. The Hall–Kier alpha value is -2.06. The number of methoxy groups -OCH3 is 2. The number of benzene rings is 1. The number of hydrogen-bond acceptors (Lipinski definition) is 7. The van der Waals surface area contributed by atoms with Crippen molar-refractivity contribution in [3.05, 3.63) is 40.0 Å². The molecule has 140 valence electrons. The van der Waals surface area contributed by atoms with E-state index in [1.807, 2.05) is 43.0 Å². The fraction of sp³-hybridized carbons (Fsp3) is 0.389. The number of halogens is 1. The number of ether oxygens (including phenoxy) is 2. The monoisotopic (exact) mass is 377 g/mol. The molecule has 3 rings (SSSR count). The lowest BCUT2D eigenvalue weighted by atomic mass is 10.1. The minimum absolute atomic E-state index is 0.362. The summed E-state index contributed by atoms with van der Waals surface area (Å²) in [5.74, 6) is 0.702. The van der Waals surface area contributed by atoms with E-state index in [-0.39, 0.29) is 0 Å². The van der Waals surface area contributed by atoms with Crippen LogP contribution in [0.1, 0.15) is 16.8 Å². The second kappa shape index (κ2) is 7.67. The molecule has 7 nitrogen and oxygen atoms in total. The van der Waals surface area contributed by atoms with Gasteiger partial charge in [-0.2, -0.15) is 0 Å². The Morgan fingerprint density at radius 3 is 2.50 bits per heavy atom. The maximum Gasteiger partial charge on any atom is 0.157 e. The first-order valence-electron chi connectivity index (χ1n) is 8.29. The Labute approximate surface area is 158 Å². The summed E-state index contributed by atoms with van der Waals surface area (Å²) in [4.78, 5) is 4.67. The van der Waals surface area contributed by atoms with Gasteiger partial charge in [0.25, 0.3) is 0 Å². The standard InChI is InChI=1S/C18H24ClN5O2/c1-11-6-12(2)16(14(19)7-11)21-18-17-15(8-13(3)20-18)23(9-25-4)24(22-17)10-26-5/h6-8,22H,9-10H2,1-5H3,(H,20,21). The van der Waals surface area contributed by atoms with Gasteiger partial charge in [-0.1, -0.05) is 17.7 Å². The fourth-order valence-electron chi connectivity index (χ4n) is 3.06. The average Bonchev–Trinajstić information content (AvgIpc) is 2.89. The van der Waals surface area contributed by atoms with Gasteiger partial charge in [-0.15, -0.1) is 5.12 Å². The van der Waals surface area contributed by atoms with E-state index in [9.17, 15) is 0 Å². The molecule has 0 spiro atoms. The summed E-state index contributed by atoms with van der Waals surface area (Å²) >= 11 is 6.46. The Bertz CT molecular complexity index is 791. The van der Waals surface area contributed by atoms with Gasteiger partial charge >= 0.3 is 0 Å². The third kappa shape index (κ3) is 3.57. The molecule has 1 aromatic heterocycles. The number of hydrazine groups is 2. The van der Waals surface area contributed by atoms with Gasteiger partial charge in [0.2, 0.25) is 0 Å². The number of hydrogen-bond donors (Lipinski definition) is 2. The Kier molecular flexibility index (Phi) is 5.52. The van der Waals surface area contributed by atoms with Crippen LogP contribution in [-0.4, -0.2) is 37.8 Å². The largest absolute Gasteiger partial charge is 0.366 e. The molecular weight excluding hydrogens is 354 g/mol. The third-order valence-corrected chi connectivity index (χ3v) is 4.41. The van der Waals surface area contributed by atoms with E-state index in [0.29, 0.717) is 24.3 Å². The van der Waals surface area contributed by atoms with E-state index in [0.717, 1.165) is 33.9 Å². The number of fused-ring (bicyclic) bond motifs is 1. The van der Waals surface area contributed by atoms with Crippen LogP contribution < -0.4 is 15.8 Å². The topological polar surface area (TPSA) is 61.9 Å². The summed E-state index contributed by atoms with van der Waals surface area (Å²) in [6.45, 7) is 6.76. The van der Waals surface area contributed by atoms with Gasteiger partial charge in [0.15, 0.2) is 5.82 Å². The number of aromatic nitrogens is 1. The van der Waals surface area contributed by atoms with Crippen molar-refractivity contribution in [1.82, 2.24) is 10.1 Å². The van der Waals surface area contributed by atoms with E-state index < -0.39 is 0 Å². The van der Waals surface area contributed by atoms with Gasteiger partial charge in [0, 0.05) is 19.9 Å². The zero-order chi connectivity index (χ0) is 18.8. The summed E-state index contributed by atoms with van der Waals surface area (Å²) in [6.07, 6.45) is 0. The Morgan fingerprint density at radius 2 is 1.85 bits per heavy atom. The summed E-state index contributed by atoms with van der Waals surface area (Å²) in [5, 5.41) is 7.86. The van der Waals surface area contributed by atoms with Crippen LogP contribution in [0.2, 0.25) is 5.02 Å². The molecule has 0 unspecified atom stereocenters. The molecular formula is C18H24ClN5O2. The van der Waals surface area contributed by atoms with Crippen molar-refractivity contribution in [2.75, 3.05) is 43.4 Å². The highest BCUT2D eigenvalue weighted by Crippen LogP contribution is 2.41. The number of aryl methyl sites for hydroxylation is 3. The van der Waals surface area contributed by atoms with Crippen LogP contribution in [-0.2, 0) is 9.47 Å². The molecule has 2 N–H and O–H groups in total. The van der Waals surface area contributed by atoms with Crippen molar-refractivity contribution >= 4 is 34.5 Å². The van der Waals surface area contributed by atoms with Crippen LogP contribution in [0.15, 0.2) is 18.2 Å². The second-order valence-electron chi connectivity index (χ2n) is 6.32. The maximum atomic E-state index is 6.46. The van der Waals surface area contributed by atoms with Gasteiger partial charge in [-0.25, -0.2) is 4.98 Å². The smallest absolute Gasteiger partial charge is 0.157 e. The van der Waals surface area contributed by atoms with E-state index in [2.05, 4.69) is 21.8 Å². The van der Waals surface area contributed by atoms with Crippen molar-refractivity contribution in [2.45, 2.75) is 20.8 Å². The molecule has 1 aromatic carbocycles. The van der Waals surface area contributed by atoms with E-state index in [1.54, 1.807) is 14.2 Å². The van der Waals surface area contributed by atoms with Crippen molar-refractivity contribution in [3.8, 4) is 0 Å². The molecule has 26 heavy (non-hydrogen) atoms. The molecule has 8 heteroatoms. The van der Waals surface area contributed by atoms with E-state index in [4.69, 9.17) is 21.1 Å². The summed E-state index contributed by atoms with van der Waals surface area (Å²) in [5.41, 5.74) is 9.05. The molecule has 2 aromatic rings. The van der Waals surface area contributed by atoms with Crippen LogP contribution in [0, 0.1) is 20.8 Å². The molecule has 0 atom stereocenters. The molecule has 0 saturated carbocycles. The van der Waals surface area contributed by atoms with Crippen LogP contribution in [0.25, 0.3) is 0 Å². The molecule has 1 aliphatic heterocycles. The molecule has 0 radical (unpaired) electrons. The zero-order valence-electron chi connectivity index (χ0n) is 15.7. The zero-order valence-corrected chi connectivity index (χ0v) is 16.4. The van der Waals surface area contributed by atoms with Crippen molar-refractivity contribution in [1.29, 1.82) is 0 Å². The molecule has 0 amide bonds. The Morgan fingerprint density at radius 1 is 1.12 bits per heavy atom. The molecule has 0 saturated heterocycles. The lowest BCUT2D eigenvalue weighted by molar-refractivity contribution is 0.0518. The van der Waals surface area contributed by atoms with Gasteiger partial charge < -0.3 is 14.8 Å². The van der Waals surface area contributed by atoms with Crippen molar-refractivity contribution < 1.29 is 9.47 Å². The lowest BCUT2D eigenvalue weighted by Crippen LogP contribution is -2.43. The number of anilines is 4. The minimum Gasteiger partial charge on any atom is -0.366 e. The molecule has 0 fully saturated rings. The predicted molar refractivity (Wildman–Crippen MR) is 105 cm³/mol. The molecule has 0 bridgehead atoms. The number of nitrogens with zero attached hydrogens (tertiary/aromatic N) is 3. The fourth-order valence-corrected chi connectivity index (χ4v) is 3.43. The third-order valence-electron chi connectivity index (χ3n) is 4.11. The van der Waals surface area contributed by atoms with Gasteiger partial charge in [-0.05, 0) is 44.0 Å². The van der Waals surface area contributed by atoms with Crippen LogP contribution >= 0.6 is 11.6 Å². The van der Waals surface area contributed by atoms with Crippen molar-refractivity contribution in [2.24, 2.45) is 0 Å². The van der Waals surface area contributed by atoms with Crippen LogP contribution in [0.4, 0.5) is 22.9 Å². The SMILES string of the molecule is COCN1Nc2c(cc(C)nc2Nc2c(C)cc(C)cc2Cl)N1COC. The first-order chi connectivity index (χ1) is 12.4. The number of nitrogens with one attached hydrogen (secondary N) is 2. The normalized spacial score (nSPS) is 13.7. The molecule has 1 aliphatic rings. The van der Waals surface area contributed by atoms with E-state index in [1.165, 1.54) is 0 Å². The number of rotatable bonds is 6. The highest BCUT2D eigenvalue weighted by molar-refractivity contribution is 6.33. The lowest BCUT2D eigenvalue weighted by Gasteiger charge is -2.27. The molecule has 0 aliphatic carbocycles. The van der Waals surface area contributed by atoms with Crippen LogP contribution in [0.3, 0.4) is 0 Å². The first kappa shape index (κ1) is 18.7. The highest BCUT2D eigenvalue weighted by atomic mass is 35.5.